The Bertz CT molecular complexity index is 660. The summed E-state index contributed by atoms with van der Waals surface area (Å²) in [6.45, 7) is 2.31. The van der Waals surface area contributed by atoms with Crippen LogP contribution in [0.15, 0.2) is 33.5 Å². The topological polar surface area (TPSA) is 74.3 Å². The molecule has 1 aromatic carbocycles. The molecule has 0 spiro atoms. The second-order valence-electron chi connectivity index (χ2n) is 4.31. The zero-order valence-corrected chi connectivity index (χ0v) is 11.5. The summed E-state index contributed by atoms with van der Waals surface area (Å²) in [5, 5.41) is 4.02. The van der Waals surface area contributed by atoms with Gasteiger partial charge < -0.3 is 9.15 Å². The zero-order valence-electron chi connectivity index (χ0n) is 11.5. The molecule has 1 aromatic heterocycles. The average Bonchev–Trinajstić information content (AvgIpc) is 2.81. The third-order valence-electron chi connectivity index (χ3n) is 2.75. The minimum Gasteiger partial charge on any atom is -0.466 e. The van der Waals surface area contributed by atoms with Crippen molar-refractivity contribution in [2.24, 2.45) is 0 Å². The number of benzene rings is 1. The summed E-state index contributed by atoms with van der Waals surface area (Å²) in [4.78, 5) is 22.8. The van der Waals surface area contributed by atoms with E-state index >= 15 is 0 Å². The first-order valence-electron chi connectivity index (χ1n) is 6.59. The molecule has 0 saturated heterocycles. The van der Waals surface area contributed by atoms with Crippen LogP contribution in [0, 0.1) is 5.82 Å². The highest BCUT2D eigenvalue weighted by Crippen LogP contribution is 2.15. The molecular weight excluding hydrogens is 279 g/mol. The van der Waals surface area contributed by atoms with E-state index in [9.17, 15) is 14.0 Å². The van der Waals surface area contributed by atoms with Crippen molar-refractivity contribution in [2.75, 3.05) is 6.61 Å². The van der Waals surface area contributed by atoms with E-state index in [-0.39, 0.29) is 30.6 Å². The van der Waals surface area contributed by atoms with Crippen LogP contribution in [0.5, 0.6) is 0 Å². The van der Waals surface area contributed by atoms with E-state index in [4.69, 9.17) is 9.15 Å². The minimum atomic E-state index is -0.613. The summed E-state index contributed by atoms with van der Waals surface area (Å²) >= 11 is 0. The fraction of sp³-hybridized carbons (Fsp3) is 0.357. The van der Waals surface area contributed by atoms with Crippen LogP contribution in [-0.4, -0.2) is 22.4 Å². The number of aromatic nitrogens is 2. The maximum Gasteiger partial charge on any atom is 0.437 e. The zero-order chi connectivity index (χ0) is 15.2. The number of ether oxygens (including phenoxy) is 1. The van der Waals surface area contributed by atoms with Gasteiger partial charge in [0.1, 0.15) is 5.82 Å². The van der Waals surface area contributed by atoms with Crippen molar-refractivity contribution in [3.8, 4) is 11.5 Å². The maximum absolute atomic E-state index is 12.8. The summed E-state index contributed by atoms with van der Waals surface area (Å²) in [6.07, 6.45) is 0.632. The first kappa shape index (κ1) is 15.0. The number of hydrogen-bond acceptors (Lipinski definition) is 5. The Morgan fingerprint density at radius 3 is 2.76 bits per heavy atom. The molecule has 0 fully saturated rings. The number of carbonyl (C=O) groups excluding carboxylic acids is 1. The molecule has 6 nitrogen and oxygen atoms in total. The van der Waals surface area contributed by atoms with Crippen molar-refractivity contribution >= 4 is 5.97 Å². The quantitative estimate of drug-likeness (QED) is 0.762. The third-order valence-corrected chi connectivity index (χ3v) is 2.75. The first-order chi connectivity index (χ1) is 10.1. The molecule has 0 radical (unpaired) electrons. The molecule has 7 heteroatoms. The highest BCUT2D eigenvalue weighted by atomic mass is 19.1. The summed E-state index contributed by atoms with van der Waals surface area (Å²) in [5.74, 6) is -1.18. The fourth-order valence-corrected chi connectivity index (χ4v) is 1.76. The highest BCUT2D eigenvalue weighted by molar-refractivity contribution is 5.69. The first-order valence-corrected chi connectivity index (χ1v) is 6.59. The molecule has 0 N–H and O–H groups in total. The molecule has 0 amide bonds. The Labute approximate surface area is 120 Å². The molecule has 112 valence electrons. The highest BCUT2D eigenvalue weighted by Gasteiger charge is 2.11. The standard InChI is InChI=1S/C14H15FN2O4/c1-2-20-12(18)4-3-9-17-14(19)21-13(16-17)10-5-7-11(15)8-6-10/h5-8H,2-4,9H2,1H3. The minimum absolute atomic E-state index is 0.121. The van der Waals surface area contributed by atoms with Gasteiger partial charge in [-0.15, -0.1) is 5.10 Å². The van der Waals surface area contributed by atoms with Gasteiger partial charge in [-0.25, -0.2) is 9.18 Å². The second kappa shape index (κ2) is 6.83. The van der Waals surface area contributed by atoms with Gasteiger partial charge in [-0.05, 0) is 37.6 Å². The fourth-order valence-electron chi connectivity index (χ4n) is 1.76. The molecule has 0 atom stereocenters. The van der Waals surface area contributed by atoms with Gasteiger partial charge >= 0.3 is 11.7 Å². The van der Waals surface area contributed by atoms with Crippen LogP contribution < -0.4 is 5.76 Å². The van der Waals surface area contributed by atoms with Gasteiger partial charge in [0.25, 0.3) is 0 Å². The lowest BCUT2D eigenvalue weighted by atomic mass is 10.2. The largest absolute Gasteiger partial charge is 0.466 e. The lowest BCUT2D eigenvalue weighted by Crippen LogP contribution is -2.17. The number of hydrogen-bond donors (Lipinski definition) is 0. The molecule has 0 saturated carbocycles. The number of halogens is 1. The van der Waals surface area contributed by atoms with E-state index in [0.717, 1.165) is 4.68 Å². The van der Waals surface area contributed by atoms with Gasteiger partial charge in [0.15, 0.2) is 0 Å². The van der Waals surface area contributed by atoms with Crippen molar-refractivity contribution in [1.29, 1.82) is 0 Å². The van der Waals surface area contributed by atoms with Crippen molar-refractivity contribution in [1.82, 2.24) is 9.78 Å². The number of esters is 1. The van der Waals surface area contributed by atoms with Gasteiger partial charge in [-0.2, -0.15) is 4.68 Å². The SMILES string of the molecule is CCOC(=O)CCCn1nc(-c2ccc(F)cc2)oc1=O. The molecule has 21 heavy (non-hydrogen) atoms. The molecule has 0 bridgehead atoms. The number of carbonyl (C=O) groups is 1. The second-order valence-corrected chi connectivity index (χ2v) is 4.31. The van der Waals surface area contributed by atoms with Crippen LogP contribution in [0.2, 0.25) is 0 Å². The van der Waals surface area contributed by atoms with E-state index in [1.165, 1.54) is 24.3 Å². The Balaban J connectivity index is 2.01. The summed E-state index contributed by atoms with van der Waals surface area (Å²) in [7, 11) is 0. The van der Waals surface area contributed by atoms with Crippen LogP contribution >= 0.6 is 0 Å². The van der Waals surface area contributed by atoms with Gasteiger partial charge in [-0.3, -0.25) is 4.79 Å². The summed E-state index contributed by atoms with van der Waals surface area (Å²) < 4.78 is 23.8. The lowest BCUT2D eigenvalue weighted by molar-refractivity contribution is -0.143. The van der Waals surface area contributed by atoms with Crippen LogP contribution in [0.3, 0.4) is 0 Å². The van der Waals surface area contributed by atoms with Crippen LogP contribution in [-0.2, 0) is 16.1 Å². The number of nitrogens with zero attached hydrogens (tertiary/aromatic N) is 2. The van der Waals surface area contributed by atoms with E-state index in [2.05, 4.69) is 5.10 Å². The van der Waals surface area contributed by atoms with E-state index in [0.29, 0.717) is 18.6 Å². The number of aryl methyl sites for hydroxylation is 1. The summed E-state index contributed by atoms with van der Waals surface area (Å²) in [6, 6.07) is 5.47. The Hall–Kier alpha value is -2.44. The molecule has 2 aromatic rings. The van der Waals surface area contributed by atoms with Crippen molar-refractivity contribution in [2.45, 2.75) is 26.3 Å². The van der Waals surface area contributed by atoms with Gasteiger partial charge in [-0.1, -0.05) is 0 Å². The smallest absolute Gasteiger partial charge is 0.437 e. The molecule has 0 aliphatic carbocycles. The van der Waals surface area contributed by atoms with Crippen LogP contribution in [0.25, 0.3) is 11.5 Å². The monoisotopic (exact) mass is 294 g/mol. The van der Waals surface area contributed by atoms with Gasteiger partial charge in [0.2, 0.25) is 5.89 Å². The molecule has 2 rings (SSSR count). The maximum atomic E-state index is 12.8. The normalized spacial score (nSPS) is 10.6. The number of rotatable bonds is 6. The molecule has 0 unspecified atom stereocenters. The average molecular weight is 294 g/mol. The van der Waals surface area contributed by atoms with E-state index < -0.39 is 5.76 Å². The van der Waals surface area contributed by atoms with E-state index in [1.807, 2.05) is 0 Å². The van der Waals surface area contributed by atoms with Crippen molar-refractivity contribution in [3.63, 3.8) is 0 Å². The molecule has 0 aliphatic rings. The van der Waals surface area contributed by atoms with Crippen molar-refractivity contribution < 1.29 is 18.3 Å². The van der Waals surface area contributed by atoms with E-state index in [1.54, 1.807) is 6.92 Å². The van der Waals surface area contributed by atoms with Gasteiger partial charge in [0, 0.05) is 18.5 Å². The van der Waals surface area contributed by atoms with Gasteiger partial charge in [0.05, 0.1) is 6.61 Å². The molecule has 0 aliphatic heterocycles. The Kier molecular flexibility index (Phi) is 4.86. The predicted molar refractivity (Wildman–Crippen MR) is 72.0 cm³/mol. The predicted octanol–water partition coefficient (Wildman–Crippen LogP) is 1.99. The third kappa shape index (κ3) is 4.01. The Morgan fingerprint density at radius 2 is 2.10 bits per heavy atom. The van der Waals surface area contributed by atoms with Crippen molar-refractivity contribution in [3.05, 3.63) is 40.6 Å². The van der Waals surface area contributed by atoms with Crippen LogP contribution in [0.4, 0.5) is 4.39 Å². The Morgan fingerprint density at radius 1 is 1.38 bits per heavy atom. The van der Waals surface area contributed by atoms with Crippen LogP contribution in [0.1, 0.15) is 19.8 Å². The molecular formula is C14H15FN2O4. The lowest BCUT2D eigenvalue weighted by Gasteiger charge is -2.00. The molecule has 1 heterocycles. The summed E-state index contributed by atoms with van der Waals surface area (Å²) in [5.41, 5.74) is 0.512.